The number of hydrogen-bond acceptors (Lipinski definition) is 3. The molecule has 0 aromatic heterocycles. The van der Waals surface area contributed by atoms with Crippen LogP contribution in [0.25, 0.3) is 0 Å². The molecular formula is C18H27Cl2N3O. The first-order chi connectivity index (χ1) is 11.1. The molecule has 0 atom stereocenters. The molecule has 1 aliphatic carbocycles. The molecule has 1 amide bonds. The van der Waals surface area contributed by atoms with Crippen molar-refractivity contribution in [2.24, 2.45) is 5.73 Å². The predicted octanol–water partition coefficient (Wildman–Crippen LogP) is 2.72. The highest BCUT2D eigenvalue weighted by Crippen LogP contribution is 2.40. The van der Waals surface area contributed by atoms with Crippen LogP contribution in [0.5, 0.6) is 0 Å². The molecule has 0 radical (unpaired) electrons. The van der Waals surface area contributed by atoms with Gasteiger partial charge in [-0.15, -0.1) is 12.4 Å². The van der Waals surface area contributed by atoms with Gasteiger partial charge in [-0.05, 0) is 43.4 Å². The van der Waals surface area contributed by atoms with Gasteiger partial charge >= 0.3 is 0 Å². The second-order valence-corrected chi connectivity index (χ2v) is 7.30. The topological polar surface area (TPSA) is 58.4 Å². The molecule has 1 saturated carbocycles. The van der Waals surface area contributed by atoms with Crippen LogP contribution < -0.4 is 11.1 Å². The molecule has 2 aliphatic rings. The fourth-order valence-corrected chi connectivity index (χ4v) is 4.29. The van der Waals surface area contributed by atoms with Gasteiger partial charge in [-0.3, -0.25) is 9.69 Å². The normalized spacial score (nSPS) is 28.6. The van der Waals surface area contributed by atoms with Crippen LogP contribution in [0.4, 0.5) is 0 Å². The summed E-state index contributed by atoms with van der Waals surface area (Å²) in [6, 6.07) is 8.74. The smallest absolute Gasteiger partial charge is 0.221 e. The monoisotopic (exact) mass is 371 g/mol. The minimum atomic E-state index is 0. The molecule has 0 bridgehead atoms. The van der Waals surface area contributed by atoms with E-state index in [-0.39, 0.29) is 23.7 Å². The van der Waals surface area contributed by atoms with Gasteiger partial charge in [0.15, 0.2) is 0 Å². The van der Waals surface area contributed by atoms with E-state index in [2.05, 4.69) is 22.3 Å². The second kappa shape index (κ2) is 8.52. The van der Waals surface area contributed by atoms with Gasteiger partial charge in [-0.1, -0.05) is 23.7 Å². The van der Waals surface area contributed by atoms with Crippen molar-refractivity contribution in [3.05, 3.63) is 34.9 Å². The Morgan fingerprint density at radius 2 is 2.04 bits per heavy atom. The zero-order chi connectivity index (χ0) is 16.3. The standard InChI is InChI=1S/C18H26ClN3O.ClH/c19-15-3-1-2-14(12-15)18(13-20)7-4-16(5-8-18)22-10-6-17(23)21-9-11-22;/h1-3,12,16H,4-11,13,20H2,(H,21,23);1H. The number of nitrogens with zero attached hydrogens (tertiary/aromatic N) is 1. The van der Waals surface area contributed by atoms with E-state index in [1.54, 1.807) is 0 Å². The highest BCUT2D eigenvalue weighted by atomic mass is 35.5. The number of nitrogens with one attached hydrogen (secondary N) is 1. The van der Waals surface area contributed by atoms with E-state index in [4.69, 9.17) is 17.3 Å². The Morgan fingerprint density at radius 3 is 2.71 bits per heavy atom. The fourth-order valence-electron chi connectivity index (χ4n) is 4.10. The van der Waals surface area contributed by atoms with Crippen LogP contribution in [-0.2, 0) is 10.2 Å². The summed E-state index contributed by atoms with van der Waals surface area (Å²) in [6.45, 7) is 3.28. The lowest BCUT2D eigenvalue weighted by Crippen LogP contribution is -2.46. The van der Waals surface area contributed by atoms with Crippen LogP contribution in [0.1, 0.15) is 37.7 Å². The van der Waals surface area contributed by atoms with Gasteiger partial charge in [0, 0.05) is 49.1 Å². The molecule has 24 heavy (non-hydrogen) atoms. The van der Waals surface area contributed by atoms with Crippen molar-refractivity contribution in [2.45, 2.75) is 43.6 Å². The van der Waals surface area contributed by atoms with Gasteiger partial charge in [0.05, 0.1) is 0 Å². The van der Waals surface area contributed by atoms with Gasteiger partial charge < -0.3 is 11.1 Å². The van der Waals surface area contributed by atoms with Crippen LogP contribution in [0, 0.1) is 0 Å². The fraction of sp³-hybridized carbons (Fsp3) is 0.611. The molecule has 4 nitrogen and oxygen atoms in total. The molecule has 1 aromatic carbocycles. The maximum atomic E-state index is 11.5. The van der Waals surface area contributed by atoms with Crippen LogP contribution in [0.3, 0.4) is 0 Å². The molecule has 1 heterocycles. The van der Waals surface area contributed by atoms with Gasteiger partial charge in [0.25, 0.3) is 0 Å². The number of rotatable bonds is 3. The second-order valence-electron chi connectivity index (χ2n) is 6.86. The number of nitrogens with two attached hydrogens (primary N) is 1. The Bertz CT molecular complexity index is 559. The molecular weight excluding hydrogens is 345 g/mol. The average molecular weight is 372 g/mol. The summed E-state index contributed by atoms with van der Waals surface area (Å²) >= 11 is 6.18. The molecule has 1 saturated heterocycles. The maximum absolute atomic E-state index is 11.5. The van der Waals surface area contributed by atoms with Crippen LogP contribution in [-0.4, -0.2) is 43.0 Å². The first-order valence-corrected chi connectivity index (χ1v) is 8.98. The van der Waals surface area contributed by atoms with E-state index < -0.39 is 0 Å². The van der Waals surface area contributed by atoms with Crippen molar-refractivity contribution < 1.29 is 4.79 Å². The third-order valence-corrected chi connectivity index (χ3v) is 5.84. The highest BCUT2D eigenvalue weighted by molar-refractivity contribution is 6.30. The van der Waals surface area contributed by atoms with Crippen molar-refractivity contribution in [2.75, 3.05) is 26.2 Å². The molecule has 0 spiro atoms. The van der Waals surface area contributed by atoms with Gasteiger partial charge in [-0.25, -0.2) is 0 Å². The van der Waals surface area contributed by atoms with Crippen LogP contribution in [0.2, 0.25) is 5.02 Å². The molecule has 134 valence electrons. The highest BCUT2D eigenvalue weighted by Gasteiger charge is 2.37. The van der Waals surface area contributed by atoms with Crippen molar-refractivity contribution >= 4 is 29.9 Å². The Morgan fingerprint density at radius 1 is 1.29 bits per heavy atom. The van der Waals surface area contributed by atoms with Crippen molar-refractivity contribution in [1.82, 2.24) is 10.2 Å². The summed E-state index contributed by atoms with van der Waals surface area (Å²) in [7, 11) is 0. The number of carbonyl (C=O) groups is 1. The summed E-state index contributed by atoms with van der Waals surface area (Å²) < 4.78 is 0. The summed E-state index contributed by atoms with van der Waals surface area (Å²) in [5, 5.41) is 3.74. The number of halogens is 2. The molecule has 2 fully saturated rings. The quantitative estimate of drug-likeness (QED) is 0.858. The lowest BCUT2D eigenvalue weighted by molar-refractivity contribution is -0.120. The Balaban J connectivity index is 0.00000208. The van der Waals surface area contributed by atoms with E-state index in [0.29, 0.717) is 19.0 Å². The average Bonchev–Trinajstić information content (AvgIpc) is 2.80. The number of amides is 1. The van der Waals surface area contributed by atoms with Crippen LogP contribution in [0.15, 0.2) is 24.3 Å². The zero-order valence-corrected chi connectivity index (χ0v) is 15.5. The SMILES string of the molecule is Cl.NCC1(c2cccc(Cl)c2)CCC(N2CCNC(=O)CC2)CC1. The third-order valence-electron chi connectivity index (χ3n) is 5.60. The minimum absolute atomic E-state index is 0. The summed E-state index contributed by atoms with van der Waals surface area (Å²) in [6.07, 6.45) is 5.07. The number of benzene rings is 1. The lowest BCUT2D eigenvalue weighted by Gasteiger charge is -2.43. The largest absolute Gasteiger partial charge is 0.355 e. The van der Waals surface area contributed by atoms with E-state index in [9.17, 15) is 4.79 Å². The molecule has 0 unspecified atom stereocenters. The van der Waals surface area contributed by atoms with E-state index >= 15 is 0 Å². The summed E-state index contributed by atoms with van der Waals surface area (Å²) in [5.74, 6) is 0.179. The molecule has 1 aromatic rings. The summed E-state index contributed by atoms with van der Waals surface area (Å²) in [4.78, 5) is 14.0. The minimum Gasteiger partial charge on any atom is -0.355 e. The van der Waals surface area contributed by atoms with Crippen molar-refractivity contribution in [3.63, 3.8) is 0 Å². The first-order valence-electron chi connectivity index (χ1n) is 8.60. The van der Waals surface area contributed by atoms with Gasteiger partial charge in [0.1, 0.15) is 0 Å². The zero-order valence-electron chi connectivity index (χ0n) is 14.0. The van der Waals surface area contributed by atoms with Gasteiger partial charge in [0.2, 0.25) is 5.91 Å². The molecule has 3 rings (SSSR count). The van der Waals surface area contributed by atoms with E-state index in [1.165, 1.54) is 5.56 Å². The van der Waals surface area contributed by atoms with E-state index in [1.807, 2.05) is 12.1 Å². The first kappa shape index (κ1) is 19.5. The van der Waals surface area contributed by atoms with E-state index in [0.717, 1.165) is 50.3 Å². The molecule has 1 aliphatic heterocycles. The number of hydrogen-bond donors (Lipinski definition) is 2. The van der Waals surface area contributed by atoms with Crippen molar-refractivity contribution in [3.8, 4) is 0 Å². The lowest BCUT2D eigenvalue weighted by atomic mass is 9.68. The predicted molar refractivity (Wildman–Crippen MR) is 101 cm³/mol. The van der Waals surface area contributed by atoms with Gasteiger partial charge in [-0.2, -0.15) is 0 Å². The van der Waals surface area contributed by atoms with Crippen molar-refractivity contribution in [1.29, 1.82) is 0 Å². The maximum Gasteiger partial charge on any atom is 0.221 e. The Labute approximate surface area is 155 Å². The Hall–Kier alpha value is -0.810. The summed E-state index contributed by atoms with van der Waals surface area (Å²) in [5.41, 5.74) is 7.51. The Kier molecular flexibility index (Phi) is 6.93. The molecule has 6 heteroatoms. The van der Waals surface area contributed by atoms with Crippen LogP contribution >= 0.6 is 24.0 Å². The molecule has 3 N–H and O–H groups in total. The number of carbonyl (C=O) groups excluding carboxylic acids is 1. The third kappa shape index (κ3) is 4.23.